The van der Waals surface area contributed by atoms with Gasteiger partial charge in [0, 0.05) is 22.9 Å². The van der Waals surface area contributed by atoms with Crippen molar-refractivity contribution in [1.29, 1.82) is 0 Å². The topological polar surface area (TPSA) is 64.1 Å². The standard InChI is InChI=1S/C25H30F3N3S.CH4O3S/c1-29-14-9-24(18-29)10-15-30(16-11-24)12-4-13-31-20-5-2-3-6-22(20)32-23-8-7-19(17-21(23)31)25(26,27)28;1-5(2,3)4/h2-3,5-8,17H,4,9-16,18H2,1H3;1H3,(H,2,3,4). The maximum atomic E-state index is 13.4. The predicted octanol–water partition coefficient (Wildman–Crippen LogP) is 5.62. The van der Waals surface area contributed by atoms with Gasteiger partial charge in [0.05, 0.1) is 23.2 Å². The molecule has 1 N–H and O–H groups in total. The zero-order chi connectivity index (χ0) is 26.8. The zero-order valence-electron chi connectivity index (χ0n) is 21.2. The summed E-state index contributed by atoms with van der Waals surface area (Å²) in [6.07, 6.45) is 1.16. The summed E-state index contributed by atoms with van der Waals surface area (Å²) in [6.45, 7) is 6.42. The summed E-state index contributed by atoms with van der Waals surface area (Å²) in [5, 5.41) is 0. The number of piperidine rings is 1. The summed E-state index contributed by atoms with van der Waals surface area (Å²) in [4.78, 5) is 9.08. The molecule has 37 heavy (non-hydrogen) atoms. The van der Waals surface area contributed by atoms with E-state index in [0.717, 1.165) is 48.1 Å². The molecule has 0 aromatic heterocycles. The Morgan fingerprint density at radius 2 is 1.59 bits per heavy atom. The molecule has 0 bridgehead atoms. The summed E-state index contributed by atoms with van der Waals surface area (Å²) in [7, 11) is -1.45. The lowest BCUT2D eigenvalue weighted by atomic mass is 9.78. The molecule has 0 saturated carbocycles. The van der Waals surface area contributed by atoms with Gasteiger partial charge in [-0.3, -0.25) is 4.55 Å². The highest BCUT2D eigenvalue weighted by molar-refractivity contribution is 7.99. The molecule has 3 heterocycles. The van der Waals surface area contributed by atoms with Gasteiger partial charge in [-0.1, -0.05) is 23.9 Å². The van der Waals surface area contributed by atoms with Crippen molar-refractivity contribution in [3.05, 3.63) is 48.0 Å². The van der Waals surface area contributed by atoms with Crippen LogP contribution in [-0.2, 0) is 16.3 Å². The first-order chi connectivity index (χ1) is 17.3. The van der Waals surface area contributed by atoms with Crippen molar-refractivity contribution in [3.8, 4) is 0 Å². The molecule has 2 fully saturated rings. The summed E-state index contributed by atoms with van der Waals surface area (Å²) in [5.74, 6) is 0. The SMILES string of the molecule is CN1CCC2(CCN(CCCN3c4ccccc4Sc4ccc(C(F)(F)F)cc43)CC2)C1.CS(=O)(=O)O. The molecule has 0 atom stereocenters. The van der Waals surface area contributed by atoms with Crippen molar-refractivity contribution < 1.29 is 26.1 Å². The Morgan fingerprint density at radius 3 is 2.22 bits per heavy atom. The Balaban J connectivity index is 0.000000586. The van der Waals surface area contributed by atoms with Crippen molar-refractivity contribution in [2.75, 3.05) is 57.5 Å². The third kappa shape index (κ3) is 7.41. The average molecular weight is 558 g/mol. The Morgan fingerprint density at radius 1 is 0.973 bits per heavy atom. The van der Waals surface area contributed by atoms with Crippen LogP contribution in [0.1, 0.15) is 31.2 Å². The average Bonchev–Trinajstić information content (AvgIpc) is 3.18. The van der Waals surface area contributed by atoms with Crippen LogP contribution in [0.5, 0.6) is 0 Å². The van der Waals surface area contributed by atoms with Crippen LogP contribution in [-0.4, -0.2) is 75.3 Å². The number of halogens is 3. The number of nitrogens with zero attached hydrogens (tertiary/aromatic N) is 3. The van der Waals surface area contributed by atoms with Gasteiger partial charge in [0.2, 0.25) is 0 Å². The second kappa shape index (κ2) is 11.1. The summed E-state index contributed by atoms with van der Waals surface area (Å²) in [5.41, 5.74) is 1.62. The number of benzene rings is 2. The minimum Gasteiger partial charge on any atom is -0.340 e. The molecule has 3 aliphatic heterocycles. The van der Waals surface area contributed by atoms with Gasteiger partial charge >= 0.3 is 6.18 Å². The molecule has 204 valence electrons. The quantitative estimate of drug-likeness (QED) is 0.490. The van der Waals surface area contributed by atoms with Crippen molar-refractivity contribution in [2.24, 2.45) is 5.41 Å². The third-order valence-electron chi connectivity index (χ3n) is 7.35. The van der Waals surface area contributed by atoms with E-state index in [-0.39, 0.29) is 0 Å². The molecule has 2 saturated heterocycles. The fourth-order valence-electron chi connectivity index (χ4n) is 5.52. The van der Waals surface area contributed by atoms with Gasteiger partial charge in [-0.2, -0.15) is 21.6 Å². The number of alkyl halides is 3. The number of likely N-dealkylation sites (tertiary alicyclic amines) is 2. The van der Waals surface area contributed by atoms with E-state index in [1.807, 2.05) is 18.2 Å². The molecule has 6 nitrogen and oxygen atoms in total. The first-order valence-corrected chi connectivity index (χ1v) is 15.1. The van der Waals surface area contributed by atoms with Gasteiger partial charge in [0.25, 0.3) is 10.1 Å². The van der Waals surface area contributed by atoms with E-state index >= 15 is 0 Å². The molecule has 2 aromatic carbocycles. The number of anilines is 2. The van der Waals surface area contributed by atoms with Crippen molar-refractivity contribution in [1.82, 2.24) is 9.80 Å². The van der Waals surface area contributed by atoms with Gasteiger partial charge in [0.15, 0.2) is 0 Å². The maximum absolute atomic E-state index is 13.4. The number of hydrogen-bond donors (Lipinski definition) is 1. The number of fused-ring (bicyclic) bond motifs is 2. The van der Waals surface area contributed by atoms with E-state index < -0.39 is 21.9 Å². The third-order valence-corrected chi connectivity index (χ3v) is 8.49. The second-order valence-corrected chi connectivity index (χ2v) is 12.9. The minimum atomic E-state index is -4.33. The Labute approximate surface area is 221 Å². The molecule has 0 amide bonds. The second-order valence-electron chi connectivity index (χ2n) is 10.3. The predicted molar refractivity (Wildman–Crippen MR) is 141 cm³/mol. The summed E-state index contributed by atoms with van der Waals surface area (Å²) >= 11 is 1.55. The molecule has 5 rings (SSSR count). The van der Waals surface area contributed by atoms with E-state index in [0.29, 0.717) is 17.4 Å². The zero-order valence-corrected chi connectivity index (χ0v) is 22.8. The van der Waals surface area contributed by atoms with Crippen molar-refractivity contribution in [2.45, 2.75) is 41.7 Å². The van der Waals surface area contributed by atoms with E-state index in [1.54, 1.807) is 17.8 Å². The molecule has 0 radical (unpaired) electrons. The lowest BCUT2D eigenvalue weighted by molar-refractivity contribution is -0.137. The highest BCUT2D eigenvalue weighted by atomic mass is 32.2. The smallest absolute Gasteiger partial charge is 0.340 e. The number of rotatable bonds is 4. The van der Waals surface area contributed by atoms with Crippen molar-refractivity contribution >= 4 is 33.3 Å². The fourth-order valence-corrected chi connectivity index (χ4v) is 6.59. The molecule has 2 aromatic rings. The lowest BCUT2D eigenvalue weighted by Crippen LogP contribution is -2.42. The monoisotopic (exact) mass is 557 g/mol. The fraction of sp³-hybridized carbons (Fsp3) is 0.538. The first-order valence-electron chi connectivity index (χ1n) is 12.4. The van der Waals surface area contributed by atoms with Crippen LogP contribution in [0, 0.1) is 5.41 Å². The van der Waals surface area contributed by atoms with E-state index in [2.05, 4.69) is 27.8 Å². The van der Waals surface area contributed by atoms with Gasteiger partial charge in [-0.25, -0.2) is 0 Å². The molecular formula is C26H34F3N3O3S2. The highest BCUT2D eigenvalue weighted by Crippen LogP contribution is 2.49. The van der Waals surface area contributed by atoms with Crippen LogP contribution in [0.25, 0.3) is 0 Å². The van der Waals surface area contributed by atoms with E-state index in [4.69, 9.17) is 4.55 Å². The van der Waals surface area contributed by atoms with Crippen LogP contribution in [0.4, 0.5) is 24.5 Å². The lowest BCUT2D eigenvalue weighted by Gasteiger charge is -2.40. The molecular weight excluding hydrogens is 523 g/mol. The van der Waals surface area contributed by atoms with Gasteiger partial charge in [0.1, 0.15) is 0 Å². The highest BCUT2D eigenvalue weighted by Gasteiger charge is 2.39. The Kier molecular flexibility index (Phi) is 8.49. The van der Waals surface area contributed by atoms with E-state index in [9.17, 15) is 21.6 Å². The molecule has 0 unspecified atom stereocenters. The van der Waals surface area contributed by atoms with Crippen LogP contribution < -0.4 is 4.90 Å². The Bertz CT molecular complexity index is 1190. The summed E-state index contributed by atoms with van der Waals surface area (Å²) in [6, 6.07) is 12.2. The first kappa shape index (κ1) is 28.2. The summed E-state index contributed by atoms with van der Waals surface area (Å²) < 4.78 is 66.0. The van der Waals surface area contributed by atoms with Crippen molar-refractivity contribution in [3.63, 3.8) is 0 Å². The number of para-hydroxylation sites is 1. The van der Waals surface area contributed by atoms with Gasteiger partial charge in [-0.15, -0.1) is 0 Å². The van der Waals surface area contributed by atoms with Crippen LogP contribution in [0.3, 0.4) is 0 Å². The minimum absolute atomic E-state index is 0.515. The number of hydrogen-bond acceptors (Lipinski definition) is 6. The molecule has 3 aliphatic rings. The van der Waals surface area contributed by atoms with E-state index in [1.165, 1.54) is 44.5 Å². The maximum Gasteiger partial charge on any atom is 0.416 e. The molecule has 1 spiro atoms. The van der Waals surface area contributed by atoms with Crippen LogP contribution in [0.2, 0.25) is 0 Å². The normalized spacial score (nSPS) is 19.8. The van der Waals surface area contributed by atoms with Gasteiger partial charge < -0.3 is 14.7 Å². The molecule has 11 heteroatoms. The Hall–Kier alpha value is -1.79. The van der Waals surface area contributed by atoms with Crippen LogP contribution >= 0.6 is 11.8 Å². The largest absolute Gasteiger partial charge is 0.416 e. The molecule has 0 aliphatic carbocycles. The van der Waals surface area contributed by atoms with Crippen LogP contribution in [0.15, 0.2) is 52.3 Å². The van der Waals surface area contributed by atoms with Gasteiger partial charge in [-0.05, 0) is 94.7 Å².